The van der Waals surface area contributed by atoms with Crippen LogP contribution >= 0.6 is 0 Å². The first-order valence-electron chi connectivity index (χ1n) is 5.48. The van der Waals surface area contributed by atoms with Gasteiger partial charge in [-0.2, -0.15) is 12.7 Å². The summed E-state index contributed by atoms with van der Waals surface area (Å²) >= 11 is 0. The molecule has 1 fully saturated rings. The molecule has 0 radical (unpaired) electrons. The van der Waals surface area contributed by atoms with E-state index < -0.39 is 16.3 Å². The van der Waals surface area contributed by atoms with Crippen molar-refractivity contribution in [3.05, 3.63) is 0 Å². The number of rotatable bonds is 7. The average Bonchev–Trinajstić information content (AvgIpc) is 2.71. The van der Waals surface area contributed by atoms with Crippen molar-refractivity contribution in [2.24, 2.45) is 0 Å². The molecule has 0 aromatic carbocycles. The molecular weight excluding hydrogens is 232 g/mol. The highest BCUT2D eigenvalue weighted by Crippen LogP contribution is 2.10. The minimum absolute atomic E-state index is 0.228. The van der Waals surface area contributed by atoms with E-state index >= 15 is 0 Å². The molecule has 1 heterocycles. The lowest BCUT2D eigenvalue weighted by molar-refractivity contribution is 0.0603. The summed E-state index contributed by atoms with van der Waals surface area (Å²) in [5.74, 6) is 0. The van der Waals surface area contributed by atoms with E-state index in [-0.39, 0.29) is 13.2 Å². The summed E-state index contributed by atoms with van der Waals surface area (Å²) in [4.78, 5) is 0. The third-order valence-corrected chi connectivity index (χ3v) is 4.14. The zero-order chi connectivity index (χ0) is 12.0. The second-order valence-electron chi connectivity index (χ2n) is 3.90. The van der Waals surface area contributed by atoms with E-state index in [1.54, 1.807) is 0 Å². The van der Waals surface area contributed by atoms with Gasteiger partial charge in [0.1, 0.15) is 0 Å². The van der Waals surface area contributed by atoms with Crippen LogP contribution in [0, 0.1) is 0 Å². The Hall–Kier alpha value is -0.210. The molecule has 1 aliphatic rings. The van der Waals surface area contributed by atoms with Crippen LogP contribution in [0.4, 0.5) is 0 Å². The lowest BCUT2D eigenvalue weighted by Gasteiger charge is -2.16. The summed E-state index contributed by atoms with van der Waals surface area (Å²) in [6, 6.07) is 0. The normalized spacial score (nSPS) is 20.1. The molecule has 0 saturated carbocycles. The molecule has 2 N–H and O–H groups in total. The molecule has 1 unspecified atom stereocenters. The van der Waals surface area contributed by atoms with E-state index in [1.807, 2.05) is 0 Å². The molecule has 96 valence electrons. The Bertz CT molecular complexity index is 288. The Kier molecular flexibility index (Phi) is 5.63. The zero-order valence-electron chi connectivity index (χ0n) is 9.55. The number of aliphatic hydroxyl groups excluding tert-OH is 1. The number of nitrogens with zero attached hydrogens (tertiary/aromatic N) is 1. The number of hydrogen-bond donors (Lipinski definition) is 2. The second-order valence-corrected chi connectivity index (χ2v) is 5.66. The molecule has 7 heteroatoms. The molecule has 0 spiro atoms. The molecule has 0 amide bonds. The molecular formula is C9H20N2O4S. The Labute approximate surface area is 96.8 Å². The van der Waals surface area contributed by atoms with Gasteiger partial charge in [0.15, 0.2) is 0 Å². The summed E-state index contributed by atoms with van der Waals surface area (Å²) in [5, 5.41) is 9.34. The lowest BCUT2D eigenvalue weighted by Crippen LogP contribution is -2.40. The van der Waals surface area contributed by atoms with Gasteiger partial charge in [-0.25, -0.2) is 4.72 Å². The summed E-state index contributed by atoms with van der Waals surface area (Å²) in [6.45, 7) is 1.65. The van der Waals surface area contributed by atoms with Gasteiger partial charge in [-0.3, -0.25) is 0 Å². The number of nitrogens with one attached hydrogen (secondary N) is 1. The smallest absolute Gasteiger partial charge is 0.279 e. The predicted molar refractivity (Wildman–Crippen MR) is 60.2 cm³/mol. The molecule has 6 nitrogen and oxygen atoms in total. The third kappa shape index (κ3) is 4.34. The van der Waals surface area contributed by atoms with Crippen molar-refractivity contribution >= 4 is 10.2 Å². The van der Waals surface area contributed by atoms with Crippen LogP contribution in [0.5, 0.6) is 0 Å². The molecule has 0 aromatic rings. The van der Waals surface area contributed by atoms with Crippen LogP contribution in [0.1, 0.15) is 19.3 Å². The van der Waals surface area contributed by atoms with Crippen LogP contribution < -0.4 is 4.72 Å². The molecule has 1 rings (SSSR count). The third-order valence-electron chi connectivity index (χ3n) is 2.53. The Balaban J connectivity index is 2.25. The highest BCUT2D eigenvalue weighted by atomic mass is 32.2. The maximum atomic E-state index is 11.7. The van der Waals surface area contributed by atoms with E-state index in [0.29, 0.717) is 19.5 Å². The van der Waals surface area contributed by atoms with E-state index in [2.05, 4.69) is 4.72 Å². The molecule has 1 atom stereocenters. The van der Waals surface area contributed by atoms with Gasteiger partial charge < -0.3 is 9.84 Å². The van der Waals surface area contributed by atoms with Crippen LogP contribution in [0.15, 0.2) is 0 Å². The van der Waals surface area contributed by atoms with E-state index in [1.165, 1.54) is 11.4 Å². The van der Waals surface area contributed by atoms with Crippen molar-refractivity contribution in [2.45, 2.75) is 25.4 Å². The van der Waals surface area contributed by atoms with E-state index in [0.717, 1.165) is 12.8 Å². The van der Waals surface area contributed by atoms with Crippen molar-refractivity contribution in [3.63, 3.8) is 0 Å². The first-order chi connectivity index (χ1) is 7.56. The van der Waals surface area contributed by atoms with Crippen molar-refractivity contribution in [3.8, 4) is 0 Å². The molecule has 0 bridgehead atoms. The summed E-state index contributed by atoms with van der Waals surface area (Å²) in [7, 11) is -1.84. The fourth-order valence-electron chi connectivity index (χ4n) is 1.65. The SMILES string of the molecule is COCC(O)CCNS(=O)(=O)N1CCCC1. The van der Waals surface area contributed by atoms with Crippen LogP contribution in [-0.4, -0.2) is 57.3 Å². The van der Waals surface area contributed by atoms with Crippen LogP contribution in [0.2, 0.25) is 0 Å². The van der Waals surface area contributed by atoms with Crippen molar-refractivity contribution in [1.29, 1.82) is 0 Å². The van der Waals surface area contributed by atoms with Gasteiger partial charge in [0.2, 0.25) is 0 Å². The topological polar surface area (TPSA) is 78.9 Å². The molecule has 16 heavy (non-hydrogen) atoms. The van der Waals surface area contributed by atoms with E-state index in [9.17, 15) is 13.5 Å². The van der Waals surface area contributed by atoms with Gasteiger partial charge >= 0.3 is 0 Å². The van der Waals surface area contributed by atoms with Gasteiger partial charge in [0.05, 0.1) is 12.7 Å². The minimum atomic E-state index is -3.34. The van der Waals surface area contributed by atoms with E-state index in [4.69, 9.17) is 4.74 Å². The average molecular weight is 252 g/mol. The first kappa shape index (κ1) is 13.9. The van der Waals surface area contributed by atoms with Crippen molar-refractivity contribution in [2.75, 3.05) is 33.4 Å². The Morgan fingerprint density at radius 2 is 2.06 bits per heavy atom. The summed E-state index contributed by atoms with van der Waals surface area (Å²) in [5.41, 5.74) is 0. The fraction of sp³-hybridized carbons (Fsp3) is 1.00. The highest BCUT2D eigenvalue weighted by molar-refractivity contribution is 7.87. The second kappa shape index (κ2) is 6.51. The number of ether oxygens (including phenoxy) is 1. The first-order valence-corrected chi connectivity index (χ1v) is 6.92. The van der Waals surface area contributed by atoms with Gasteiger partial charge in [-0.1, -0.05) is 0 Å². The molecule has 0 aromatic heterocycles. The van der Waals surface area contributed by atoms with Crippen molar-refractivity contribution < 1.29 is 18.3 Å². The minimum Gasteiger partial charge on any atom is -0.391 e. The van der Waals surface area contributed by atoms with Crippen LogP contribution in [0.25, 0.3) is 0 Å². The summed E-state index contributed by atoms with van der Waals surface area (Å²) < 4.78 is 32.0. The standard InChI is InChI=1S/C9H20N2O4S/c1-15-8-9(12)4-5-10-16(13,14)11-6-2-3-7-11/h9-10,12H,2-8H2,1H3. The van der Waals surface area contributed by atoms with Crippen molar-refractivity contribution in [1.82, 2.24) is 9.03 Å². The molecule has 1 saturated heterocycles. The number of aliphatic hydroxyl groups is 1. The highest BCUT2D eigenvalue weighted by Gasteiger charge is 2.24. The Morgan fingerprint density at radius 3 is 2.62 bits per heavy atom. The molecule has 0 aliphatic carbocycles. The summed E-state index contributed by atoms with van der Waals surface area (Å²) in [6.07, 6.45) is 1.59. The van der Waals surface area contributed by atoms with Gasteiger partial charge in [0, 0.05) is 26.7 Å². The van der Waals surface area contributed by atoms with Gasteiger partial charge in [0.25, 0.3) is 10.2 Å². The fourth-order valence-corrected chi connectivity index (χ4v) is 2.95. The number of methoxy groups -OCH3 is 1. The van der Waals surface area contributed by atoms with Crippen LogP contribution in [-0.2, 0) is 14.9 Å². The van der Waals surface area contributed by atoms with Gasteiger partial charge in [-0.05, 0) is 19.3 Å². The largest absolute Gasteiger partial charge is 0.391 e. The lowest BCUT2D eigenvalue weighted by atomic mass is 10.3. The molecule has 1 aliphatic heterocycles. The maximum Gasteiger partial charge on any atom is 0.279 e. The number of hydrogen-bond acceptors (Lipinski definition) is 4. The zero-order valence-corrected chi connectivity index (χ0v) is 10.4. The Morgan fingerprint density at radius 1 is 1.44 bits per heavy atom. The van der Waals surface area contributed by atoms with Gasteiger partial charge in [-0.15, -0.1) is 0 Å². The quantitative estimate of drug-likeness (QED) is 0.629. The monoisotopic (exact) mass is 252 g/mol. The maximum absolute atomic E-state index is 11.7. The predicted octanol–water partition coefficient (Wildman–Crippen LogP) is -0.686. The van der Waals surface area contributed by atoms with Crippen LogP contribution in [0.3, 0.4) is 0 Å².